The maximum Gasteiger partial charge on any atom is 0.216 e. The molecular formula is C13H15F2NO4. The van der Waals surface area contributed by atoms with Crippen LogP contribution < -0.4 is 5.32 Å². The molecule has 3 N–H and O–H groups in total. The number of carbonyl (C=O) groups is 2. The fourth-order valence-electron chi connectivity index (χ4n) is 1.66. The van der Waals surface area contributed by atoms with E-state index in [1.165, 1.54) is 6.92 Å². The number of hydrogen-bond acceptors (Lipinski definition) is 4. The van der Waals surface area contributed by atoms with Crippen molar-refractivity contribution >= 4 is 12.2 Å². The van der Waals surface area contributed by atoms with Crippen LogP contribution in [0.5, 0.6) is 0 Å². The zero-order valence-corrected chi connectivity index (χ0v) is 10.8. The number of aliphatic hydroxyl groups is 2. The predicted molar refractivity (Wildman–Crippen MR) is 66.0 cm³/mol. The summed E-state index contributed by atoms with van der Waals surface area (Å²) in [7, 11) is 0. The summed E-state index contributed by atoms with van der Waals surface area (Å²) < 4.78 is 26.7. The van der Waals surface area contributed by atoms with Gasteiger partial charge in [0, 0.05) is 13.5 Å². The number of amides is 1. The van der Waals surface area contributed by atoms with Gasteiger partial charge in [0.15, 0.2) is 6.29 Å². The highest BCUT2D eigenvalue weighted by Gasteiger charge is 2.21. The lowest BCUT2D eigenvalue weighted by Gasteiger charge is -2.18. The molecule has 20 heavy (non-hydrogen) atoms. The van der Waals surface area contributed by atoms with Crippen LogP contribution in [0.3, 0.4) is 0 Å². The van der Waals surface area contributed by atoms with Gasteiger partial charge in [0.1, 0.15) is 17.7 Å². The van der Waals surface area contributed by atoms with Crippen molar-refractivity contribution in [3.8, 4) is 0 Å². The van der Waals surface area contributed by atoms with Crippen LogP contribution in [0.25, 0.3) is 0 Å². The standard InChI is InChI=1S/C13H15F2NO4/c1-7(18)16-3-2-12(19)13(20)8-4-10(14)9(6-17)11(15)5-8/h4-6,12-13,19-20H,2-3H2,1H3,(H,16,18). The highest BCUT2D eigenvalue weighted by molar-refractivity contribution is 5.75. The Balaban J connectivity index is 2.78. The molecule has 0 spiro atoms. The summed E-state index contributed by atoms with van der Waals surface area (Å²) in [6.07, 6.45) is -2.77. The molecule has 0 aliphatic rings. The summed E-state index contributed by atoms with van der Waals surface area (Å²) in [6.45, 7) is 1.41. The number of aliphatic hydroxyl groups excluding tert-OH is 2. The van der Waals surface area contributed by atoms with Gasteiger partial charge in [0.05, 0.1) is 11.7 Å². The minimum atomic E-state index is -1.52. The van der Waals surface area contributed by atoms with Gasteiger partial charge < -0.3 is 15.5 Å². The molecule has 1 aromatic carbocycles. The quantitative estimate of drug-likeness (QED) is 0.672. The minimum absolute atomic E-state index is 0.0133. The minimum Gasteiger partial charge on any atom is -0.390 e. The lowest BCUT2D eigenvalue weighted by atomic mass is 10.00. The Bertz CT molecular complexity index is 484. The van der Waals surface area contributed by atoms with Crippen LogP contribution in [0.15, 0.2) is 12.1 Å². The lowest BCUT2D eigenvalue weighted by Crippen LogP contribution is -2.27. The van der Waals surface area contributed by atoms with Crippen LogP contribution in [-0.4, -0.2) is 35.1 Å². The predicted octanol–water partition coefficient (Wildman–Crippen LogP) is 0.698. The zero-order valence-electron chi connectivity index (χ0n) is 10.8. The average Bonchev–Trinajstić information content (AvgIpc) is 2.36. The van der Waals surface area contributed by atoms with Crippen LogP contribution in [0, 0.1) is 11.6 Å². The number of carbonyl (C=O) groups excluding carboxylic acids is 2. The van der Waals surface area contributed by atoms with Gasteiger partial charge in [0.2, 0.25) is 5.91 Å². The van der Waals surface area contributed by atoms with Gasteiger partial charge in [-0.25, -0.2) is 8.78 Å². The maximum atomic E-state index is 13.4. The third kappa shape index (κ3) is 4.07. The summed E-state index contributed by atoms with van der Waals surface area (Å²) in [4.78, 5) is 21.1. The molecule has 0 saturated carbocycles. The Morgan fingerprint density at radius 1 is 1.35 bits per heavy atom. The molecule has 1 amide bonds. The normalized spacial score (nSPS) is 13.7. The van der Waals surface area contributed by atoms with Crippen molar-refractivity contribution in [2.45, 2.75) is 25.6 Å². The van der Waals surface area contributed by atoms with Crippen LogP contribution in [0.4, 0.5) is 8.78 Å². The molecule has 0 heterocycles. The van der Waals surface area contributed by atoms with Gasteiger partial charge >= 0.3 is 0 Å². The van der Waals surface area contributed by atoms with E-state index in [0.717, 1.165) is 12.1 Å². The van der Waals surface area contributed by atoms with Crippen LogP contribution in [-0.2, 0) is 4.79 Å². The molecule has 0 aliphatic heterocycles. The second-order valence-corrected chi connectivity index (χ2v) is 4.30. The topological polar surface area (TPSA) is 86.6 Å². The fourth-order valence-corrected chi connectivity index (χ4v) is 1.66. The lowest BCUT2D eigenvalue weighted by molar-refractivity contribution is -0.119. The van der Waals surface area contributed by atoms with E-state index in [4.69, 9.17) is 0 Å². The van der Waals surface area contributed by atoms with Crippen molar-refractivity contribution in [1.82, 2.24) is 5.32 Å². The van der Waals surface area contributed by atoms with E-state index >= 15 is 0 Å². The van der Waals surface area contributed by atoms with E-state index in [1.807, 2.05) is 0 Å². The smallest absolute Gasteiger partial charge is 0.216 e. The van der Waals surface area contributed by atoms with Crippen LogP contribution in [0.1, 0.15) is 35.4 Å². The molecule has 0 aliphatic carbocycles. The second-order valence-electron chi connectivity index (χ2n) is 4.30. The molecule has 0 saturated heterocycles. The molecule has 1 rings (SSSR count). The third-order valence-corrected chi connectivity index (χ3v) is 2.74. The van der Waals surface area contributed by atoms with E-state index < -0.39 is 29.4 Å². The van der Waals surface area contributed by atoms with Gasteiger partial charge in [-0.3, -0.25) is 9.59 Å². The Hall–Kier alpha value is -1.86. The molecule has 0 fully saturated rings. The van der Waals surface area contributed by atoms with Crippen molar-refractivity contribution < 1.29 is 28.6 Å². The highest BCUT2D eigenvalue weighted by Crippen LogP contribution is 2.23. The first-order chi connectivity index (χ1) is 9.36. The zero-order chi connectivity index (χ0) is 15.3. The number of nitrogens with one attached hydrogen (secondary N) is 1. The summed E-state index contributed by atoms with van der Waals surface area (Å²) in [6, 6.07) is 1.58. The summed E-state index contributed by atoms with van der Waals surface area (Å²) in [5.41, 5.74) is -0.908. The van der Waals surface area contributed by atoms with Gasteiger partial charge in [-0.2, -0.15) is 0 Å². The Morgan fingerprint density at radius 3 is 2.35 bits per heavy atom. The summed E-state index contributed by atoms with van der Waals surface area (Å²) in [5, 5.41) is 21.9. The fraction of sp³-hybridized carbons (Fsp3) is 0.385. The Labute approximate surface area is 114 Å². The first kappa shape index (κ1) is 16.2. The molecule has 2 unspecified atom stereocenters. The number of rotatable bonds is 6. The number of aldehydes is 1. The number of benzene rings is 1. The first-order valence-electron chi connectivity index (χ1n) is 5.91. The van der Waals surface area contributed by atoms with Crippen LogP contribution in [0.2, 0.25) is 0 Å². The summed E-state index contributed by atoms with van der Waals surface area (Å²) in [5.74, 6) is -2.51. The molecule has 7 heteroatoms. The van der Waals surface area contributed by atoms with Gasteiger partial charge in [-0.05, 0) is 24.1 Å². The van der Waals surface area contributed by atoms with Crippen molar-refractivity contribution in [2.75, 3.05) is 6.54 Å². The van der Waals surface area contributed by atoms with Crippen molar-refractivity contribution in [1.29, 1.82) is 0 Å². The van der Waals surface area contributed by atoms with E-state index in [9.17, 15) is 28.6 Å². The Morgan fingerprint density at radius 2 is 1.90 bits per heavy atom. The molecule has 0 aromatic heterocycles. The number of hydrogen-bond donors (Lipinski definition) is 3. The van der Waals surface area contributed by atoms with Crippen molar-refractivity contribution in [2.24, 2.45) is 0 Å². The van der Waals surface area contributed by atoms with Gasteiger partial charge in [-0.1, -0.05) is 0 Å². The highest BCUT2D eigenvalue weighted by atomic mass is 19.1. The second kappa shape index (κ2) is 7.06. The molecule has 110 valence electrons. The van der Waals surface area contributed by atoms with E-state index in [0.29, 0.717) is 0 Å². The largest absolute Gasteiger partial charge is 0.390 e. The monoisotopic (exact) mass is 287 g/mol. The SMILES string of the molecule is CC(=O)NCCC(O)C(O)c1cc(F)c(C=O)c(F)c1. The van der Waals surface area contributed by atoms with E-state index in [1.54, 1.807) is 0 Å². The van der Waals surface area contributed by atoms with Crippen molar-refractivity contribution in [3.63, 3.8) is 0 Å². The Kier molecular flexibility index (Phi) is 5.72. The average molecular weight is 287 g/mol. The number of halogens is 2. The van der Waals surface area contributed by atoms with Crippen LogP contribution >= 0.6 is 0 Å². The van der Waals surface area contributed by atoms with Gasteiger partial charge in [-0.15, -0.1) is 0 Å². The third-order valence-electron chi connectivity index (χ3n) is 2.74. The molecule has 0 bridgehead atoms. The van der Waals surface area contributed by atoms with Crippen molar-refractivity contribution in [3.05, 3.63) is 34.9 Å². The van der Waals surface area contributed by atoms with Gasteiger partial charge in [0.25, 0.3) is 0 Å². The molecule has 0 radical (unpaired) electrons. The van der Waals surface area contributed by atoms with E-state index in [-0.39, 0.29) is 30.7 Å². The summed E-state index contributed by atoms with van der Waals surface area (Å²) >= 11 is 0. The molecule has 2 atom stereocenters. The van der Waals surface area contributed by atoms with E-state index in [2.05, 4.69) is 5.32 Å². The molecule has 5 nitrogen and oxygen atoms in total. The maximum absolute atomic E-state index is 13.4. The molecular weight excluding hydrogens is 272 g/mol. The molecule has 1 aromatic rings. The first-order valence-corrected chi connectivity index (χ1v) is 5.91.